The topological polar surface area (TPSA) is 94.1 Å². The number of ketones is 1. The van der Waals surface area contributed by atoms with Crippen molar-refractivity contribution < 1.29 is 14.3 Å². The van der Waals surface area contributed by atoms with E-state index in [1.165, 1.54) is 4.90 Å². The molecule has 8 heteroatoms. The first-order valence-electron chi connectivity index (χ1n) is 11.7. The molecule has 1 aromatic carbocycles. The number of nitrogens with one attached hydrogen (secondary N) is 1. The molecule has 0 bridgehead atoms. The van der Waals surface area contributed by atoms with E-state index in [-0.39, 0.29) is 18.1 Å². The molecule has 4 rings (SSSR count). The van der Waals surface area contributed by atoms with Crippen LogP contribution in [0.15, 0.2) is 41.3 Å². The molecule has 2 heterocycles. The molecule has 1 unspecified atom stereocenters. The van der Waals surface area contributed by atoms with Gasteiger partial charge in [-0.15, -0.1) is 16.9 Å². The van der Waals surface area contributed by atoms with Crippen LogP contribution in [0, 0.1) is 13.8 Å². The first-order chi connectivity index (χ1) is 16.7. The number of hydrogen-bond acceptors (Lipinski definition) is 7. The summed E-state index contributed by atoms with van der Waals surface area (Å²) in [5.41, 5.74) is 3.79. The van der Waals surface area contributed by atoms with Crippen LogP contribution in [0.1, 0.15) is 58.7 Å². The highest BCUT2D eigenvalue weighted by Gasteiger charge is 2.43. The second-order valence-corrected chi connectivity index (χ2v) is 10.4. The smallest absolute Gasteiger partial charge is 0.233 e. The van der Waals surface area contributed by atoms with Gasteiger partial charge in [-0.3, -0.25) is 9.59 Å². The molecule has 7 nitrogen and oxygen atoms in total. The maximum atomic E-state index is 13.7. The van der Waals surface area contributed by atoms with Gasteiger partial charge >= 0.3 is 0 Å². The van der Waals surface area contributed by atoms with E-state index in [2.05, 4.69) is 27.4 Å². The average Bonchev–Trinajstić information content (AvgIpc) is 2.82. The fourth-order valence-corrected chi connectivity index (χ4v) is 5.29. The standard InChI is InChI=1S/C27H30N4O3S/c1-6-35-19-9-7-18(8-10-19)15-22(32)29-21-13-16(2)24-20(28-21)11-12-27(4,26(24)33)25-17(3)14-23(34-5)30-31-25/h7-10,13-14H,6,11-12,15H2,1-5H3,(H,28,29,32). The average molecular weight is 491 g/mol. The number of fused-ring (bicyclic) bond motifs is 1. The van der Waals surface area contributed by atoms with Gasteiger partial charge in [-0.1, -0.05) is 19.1 Å². The largest absolute Gasteiger partial charge is 0.480 e. The third kappa shape index (κ3) is 5.07. The lowest BCUT2D eigenvalue weighted by atomic mass is 9.69. The van der Waals surface area contributed by atoms with Crippen molar-refractivity contribution in [2.45, 2.75) is 57.3 Å². The number of carbonyl (C=O) groups excluding carboxylic acids is 2. The van der Waals surface area contributed by atoms with Crippen molar-refractivity contribution in [2.24, 2.45) is 0 Å². The molecule has 1 aliphatic carbocycles. The predicted molar refractivity (Wildman–Crippen MR) is 137 cm³/mol. The number of hydrogen-bond donors (Lipinski definition) is 1. The van der Waals surface area contributed by atoms with Crippen LogP contribution in [0.25, 0.3) is 0 Å². The van der Waals surface area contributed by atoms with Gasteiger partial charge in [0.25, 0.3) is 0 Å². The van der Waals surface area contributed by atoms with Crippen molar-refractivity contribution in [3.05, 3.63) is 70.0 Å². The summed E-state index contributed by atoms with van der Waals surface area (Å²) >= 11 is 1.77. The summed E-state index contributed by atoms with van der Waals surface area (Å²) in [6.07, 6.45) is 1.43. The highest BCUT2D eigenvalue weighted by molar-refractivity contribution is 7.99. The minimum Gasteiger partial charge on any atom is -0.480 e. The number of carbonyl (C=O) groups is 2. The summed E-state index contributed by atoms with van der Waals surface area (Å²) in [5.74, 6) is 1.75. The van der Waals surface area contributed by atoms with Gasteiger partial charge in [-0.25, -0.2) is 4.98 Å². The van der Waals surface area contributed by atoms with E-state index in [0.717, 1.165) is 22.4 Å². The monoisotopic (exact) mass is 490 g/mol. The SMILES string of the molecule is CCSc1ccc(CC(=O)Nc2cc(C)c3c(n2)CCC(C)(c2nnc(OC)cc2C)C3=O)cc1. The zero-order valence-corrected chi connectivity index (χ0v) is 21.6. The van der Waals surface area contributed by atoms with Gasteiger partial charge < -0.3 is 10.1 Å². The normalized spacial score (nSPS) is 17.1. The summed E-state index contributed by atoms with van der Waals surface area (Å²) in [7, 11) is 1.54. The molecular formula is C27H30N4O3S. The Labute approximate surface area is 210 Å². The second kappa shape index (κ2) is 10.2. The van der Waals surface area contributed by atoms with Crippen LogP contribution in [0.3, 0.4) is 0 Å². The Hall–Kier alpha value is -3.26. The molecule has 0 fully saturated rings. The number of rotatable bonds is 7. The number of anilines is 1. The number of methoxy groups -OCH3 is 1. The Morgan fingerprint density at radius 2 is 1.89 bits per heavy atom. The number of aromatic nitrogens is 3. The van der Waals surface area contributed by atoms with Gasteiger partial charge in [-0.05, 0) is 74.3 Å². The number of benzene rings is 1. The molecule has 1 atom stereocenters. The van der Waals surface area contributed by atoms with Crippen molar-refractivity contribution in [2.75, 3.05) is 18.2 Å². The minimum absolute atomic E-state index is 0.0192. The first-order valence-corrected chi connectivity index (χ1v) is 12.7. The molecule has 0 saturated carbocycles. The zero-order valence-electron chi connectivity index (χ0n) is 20.8. The molecule has 2 aromatic heterocycles. The highest BCUT2D eigenvalue weighted by Crippen LogP contribution is 2.40. The van der Waals surface area contributed by atoms with Crippen LogP contribution >= 0.6 is 11.8 Å². The quantitative estimate of drug-likeness (QED) is 0.472. The third-order valence-electron chi connectivity index (χ3n) is 6.44. The molecule has 1 N–H and O–H groups in total. The van der Waals surface area contributed by atoms with Crippen molar-refractivity contribution in [1.29, 1.82) is 0 Å². The fraction of sp³-hybridized carbons (Fsp3) is 0.370. The van der Waals surface area contributed by atoms with E-state index < -0.39 is 5.41 Å². The number of aryl methyl sites for hydroxylation is 3. The third-order valence-corrected chi connectivity index (χ3v) is 7.34. The Bertz CT molecular complexity index is 1280. The second-order valence-electron chi connectivity index (χ2n) is 9.03. The molecule has 3 aromatic rings. The van der Waals surface area contributed by atoms with Crippen molar-refractivity contribution in [1.82, 2.24) is 15.2 Å². The van der Waals surface area contributed by atoms with Crippen LogP contribution in [-0.2, 0) is 23.1 Å². The van der Waals surface area contributed by atoms with E-state index in [1.807, 2.05) is 45.0 Å². The van der Waals surface area contributed by atoms with E-state index >= 15 is 0 Å². The van der Waals surface area contributed by atoms with Gasteiger partial charge in [0.2, 0.25) is 11.8 Å². The van der Waals surface area contributed by atoms with E-state index in [9.17, 15) is 9.59 Å². The zero-order chi connectivity index (χ0) is 25.2. The Kier molecular flexibility index (Phi) is 7.21. The lowest BCUT2D eigenvalue weighted by molar-refractivity contribution is -0.115. The summed E-state index contributed by atoms with van der Waals surface area (Å²) < 4.78 is 5.17. The Balaban J connectivity index is 1.53. The molecule has 0 radical (unpaired) electrons. The number of nitrogens with zero attached hydrogens (tertiary/aromatic N) is 3. The molecule has 35 heavy (non-hydrogen) atoms. The van der Waals surface area contributed by atoms with Crippen LogP contribution < -0.4 is 10.1 Å². The van der Waals surface area contributed by atoms with Crippen LogP contribution in [0.4, 0.5) is 5.82 Å². The van der Waals surface area contributed by atoms with Gasteiger partial charge in [0.1, 0.15) is 5.82 Å². The lowest BCUT2D eigenvalue weighted by Gasteiger charge is -2.34. The number of pyridine rings is 1. The summed E-state index contributed by atoms with van der Waals surface area (Å²) in [6, 6.07) is 11.6. The molecule has 1 amide bonds. The van der Waals surface area contributed by atoms with Gasteiger partial charge in [0.15, 0.2) is 5.78 Å². The molecule has 0 aliphatic heterocycles. The predicted octanol–water partition coefficient (Wildman–Crippen LogP) is 4.88. The van der Waals surface area contributed by atoms with Gasteiger partial charge in [0.05, 0.1) is 30.3 Å². The molecule has 0 saturated heterocycles. The lowest BCUT2D eigenvalue weighted by Crippen LogP contribution is -2.40. The fourth-order valence-electron chi connectivity index (χ4n) is 4.63. The summed E-state index contributed by atoms with van der Waals surface area (Å²) in [6.45, 7) is 7.83. The molecule has 0 spiro atoms. The van der Waals surface area contributed by atoms with Crippen molar-refractivity contribution in [3.63, 3.8) is 0 Å². The summed E-state index contributed by atoms with van der Waals surface area (Å²) in [5, 5.41) is 11.3. The van der Waals surface area contributed by atoms with Crippen LogP contribution in [0.2, 0.25) is 0 Å². The van der Waals surface area contributed by atoms with Crippen LogP contribution in [-0.4, -0.2) is 39.7 Å². The molecule has 182 valence electrons. The first kappa shape index (κ1) is 24.9. The van der Waals surface area contributed by atoms with Gasteiger partial charge in [-0.2, -0.15) is 5.10 Å². The van der Waals surface area contributed by atoms with Crippen molar-refractivity contribution in [3.8, 4) is 5.88 Å². The highest BCUT2D eigenvalue weighted by atomic mass is 32.2. The molecule has 1 aliphatic rings. The maximum Gasteiger partial charge on any atom is 0.233 e. The van der Waals surface area contributed by atoms with E-state index in [4.69, 9.17) is 4.74 Å². The number of amides is 1. The van der Waals surface area contributed by atoms with Gasteiger partial charge in [0, 0.05) is 16.5 Å². The van der Waals surface area contributed by atoms with Crippen LogP contribution in [0.5, 0.6) is 5.88 Å². The Morgan fingerprint density at radius 3 is 2.54 bits per heavy atom. The number of thioether (sulfide) groups is 1. The minimum atomic E-state index is -0.796. The molecular weight excluding hydrogens is 460 g/mol. The van der Waals surface area contributed by atoms with E-state index in [1.54, 1.807) is 31.0 Å². The number of Topliss-reactive ketones (excluding diaryl/α,β-unsaturated/α-hetero) is 1. The van der Waals surface area contributed by atoms with E-state index in [0.29, 0.717) is 41.5 Å². The Morgan fingerprint density at radius 1 is 1.14 bits per heavy atom. The number of ether oxygens (including phenoxy) is 1. The maximum absolute atomic E-state index is 13.7. The van der Waals surface area contributed by atoms with Crippen molar-refractivity contribution >= 4 is 29.3 Å². The summed E-state index contributed by atoms with van der Waals surface area (Å²) in [4.78, 5) is 32.2.